The van der Waals surface area contributed by atoms with Crippen LogP contribution in [0.2, 0.25) is 0 Å². The molecule has 1 heterocycles. The highest BCUT2D eigenvalue weighted by atomic mass is 79.9. The van der Waals surface area contributed by atoms with Crippen molar-refractivity contribution in [3.8, 4) is 0 Å². The summed E-state index contributed by atoms with van der Waals surface area (Å²) in [4.78, 5) is 25.5. The van der Waals surface area contributed by atoms with Crippen LogP contribution in [-0.2, 0) is 23.9 Å². The number of alkyl halides is 3. The third-order valence-electron chi connectivity index (χ3n) is 5.27. The molecular weight excluding hydrogens is 544 g/mol. The fraction of sp³-hybridized carbons (Fsp3) is 0.120. The molecule has 0 saturated carbocycles. The topological polar surface area (TPSA) is 76.3 Å². The van der Waals surface area contributed by atoms with E-state index in [4.69, 9.17) is 0 Å². The fourth-order valence-electron chi connectivity index (χ4n) is 3.59. The number of carbonyl (C=O) groups excluding carboxylic acids is 1. The SMILES string of the molecule is O=C(Cc1nn(Cc2ccc(Br)cc2F)c(=O)c2ccccc12)N/N=C/c1ccccc1C(F)(F)F. The minimum atomic E-state index is -4.57. The van der Waals surface area contributed by atoms with Gasteiger partial charge in [-0.25, -0.2) is 14.5 Å². The molecule has 0 bridgehead atoms. The Morgan fingerprint density at radius 3 is 2.47 bits per heavy atom. The van der Waals surface area contributed by atoms with E-state index in [1.54, 1.807) is 30.3 Å². The van der Waals surface area contributed by atoms with E-state index >= 15 is 0 Å². The van der Waals surface area contributed by atoms with Crippen LogP contribution in [0, 0.1) is 5.82 Å². The molecule has 11 heteroatoms. The summed E-state index contributed by atoms with van der Waals surface area (Å²) < 4.78 is 55.4. The number of hydrazone groups is 1. The number of benzene rings is 3. The van der Waals surface area contributed by atoms with Crippen LogP contribution < -0.4 is 11.0 Å². The summed E-state index contributed by atoms with van der Waals surface area (Å²) in [5.41, 5.74) is 1.09. The number of hydrogen-bond donors (Lipinski definition) is 1. The Balaban J connectivity index is 1.59. The number of amides is 1. The number of hydrogen-bond acceptors (Lipinski definition) is 4. The van der Waals surface area contributed by atoms with Crippen molar-refractivity contribution in [1.82, 2.24) is 15.2 Å². The Kier molecular flexibility index (Phi) is 7.30. The van der Waals surface area contributed by atoms with Crippen LogP contribution in [-0.4, -0.2) is 21.9 Å². The lowest BCUT2D eigenvalue weighted by Gasteiger charge is -2.11. The van der Waals surface area contributed by atoms with Gasteiger partial charge in [-0.3, -0.25) is 9.59 Å². The average Bonchev–Trinajstić information content (AvgIpc) is 2.83. The summed E-state index contributed by atoms with van der Waals surface area (Å²) >= 11 is 3.18. The molecule has 1 N–H and O–H groups in total. The standard InChI is InChI=1S/C25H17BrF4N4O2/c26-17-10-9-16(21(27)11-17)14-34-24(36)19-7-3-2-6-18(19)22(33-34)12-23(35)32-31-13-15-5-1-4-8-20(15)25(28,29)30/h1-11,13H,12,14H2,(H,32,35)/b31-13+. The van der Waals surface area contributed by atoms with E-state index in [9.17, 15) is 27.2 Å². The smallest absolute Gasteiger partial charge is 0.273 e. The highest BCUT2D eigenvalue weighted by Crippen LogP contribution is 2.31. The maximum absolute atomic E-state index is 14.4. The second-order valence-electron chi connectivity index (χ2n) is 7.75. The predicted octanol–water partition coefficient (Wildman–Crippen LogP) is 5.06. The molecule has 0 aliphatic carbocycles. The average molecular weight is 561 g/mol. The van der Waals surface area contributed by atoms with E-state index in [0.29, 0.717) is 9.86 Å². The minimum Gasteiger partial charge on any atom is -0.273 e. The zero-order valence-corrected chi connectivity index (χ0v) is 20.0. The Bertz CT molecular complexity index is 1530. The molecular formula is C25H17BrF4N4O2. The summed E-state index contributed by atoms with van der Waals surface area (Å²) in [6, 6.07) is 15.8. The van der Waals surface area contributed by atoms with Crippen LogP contribution in [0.15, 0.2) is 81.1 Å². The molecule has 0 atom stereocenters. The predicted molar refractivity (Wildman–Crippen MR) is 130 cm³/mol. The van der Waals surface area contributed by atoms with E-state index in [1.807, 2.05) is 0 Å². The maximum atomic E-state index is 14.4. The first kappa shape index (κ1) is 25.2. The summed E-state index contributed by atoms with van der Waals surface area (Å²) in [6.45, 7) is -0.163. The summed E-state index contributed by atoms with van der Waals surface area (Å²) in [5, 5.41) is 8.64. The zero-order chi connectivity index (χ0) is 25.9. The molecule has 0 spiro atoms. The molecule has 1 amide bonds. The van der Waals surface area contributed by atoms with Gasteiger partial charge in [0.05, 0.1) is 35.8 Å². The second-order valence-corrected chi connectivity index (χ2v) is 8.66. The molecule has 6 nitrogen and oxygen atoms in total. The monoisotopic (exact) mass is 560 g/mol. The van der Waals surface area contributed by atoms with E-state index in [1.165, 1.54) is 30.3 Å². The van der Waals surface area contributed by atoms with Crippen LogP contribution in [0.5, 0.6) is 0 Å². The lowest BCUT2D eigenvalue weighted by molar-refractivity contribution is -0.137. The van der Waals surface area contributed by atoms with Gasteiger partial charge in [-0.05, 0) is 24.3 Å². The molecule has 0 radical (unpaired) electrons. The lowest BCUT2D eigenvalue weighted by atomic mass is 10.1. The van der Waals surface area contributed by atoms with Crippen molar-refractivity contribution in [2.45, 2.75) is 19.1 Å². The Hall–Kier alpha value is -3.86. The Labute approximate surface area is 210 Å². The van der Waals surface area contributed by atoms with Gasteiger partial charge in [-0.15, -0.1) is 0 Å². The van der Waals surface area contributed by atoms with Crippen molar-refractivity contribution >= 4 is 38.8 Å². The van der Waals surface area contributed by atoms with Gasteiger partial charge in [0.15, 0.2) is 0 Å². The molecule has 3 aromatic carbocycles. The quantitative estimate of drug-likeness (QED) is 0.203. The van der Waals surface area contributed by atoms with Gasteiger partial charge in [0, 0.05) is 21.0 Å². The van der Waals surface area contributed by atoms with E-state index in [0.717, 1.165) is 17.0 Å². The fourth-order valence-corrected chi connectivity index (χ4v) is 3.92. The maximum Gasteiger partial charge on any atom is 0.417 e. The third-order valence-corrected chi connectivity index (χ3v) is 5.76. The highest BCUT2D eigenvalue weighted by molar-refractivity contribution is 9.10. The molecule has 0 aliphatic rings. The van der Waals surface area contributed by atoms with Gasteiger partial charge < -0.3 is 0 Å². The van der Waals surface area contributed by atoms with Crippen molar-refractivity contribution in [2.24, 2.45) is 5.10 Å². The number of aromatic nitrogens is 2. The van der Waals surface area contributed by atoms with Crippen LogP contribution in [0.25, 0.3) is 10.8 Å². The van der Waals surface area contributed by atoms with E-state index in [-0.39, 0.29) is 35.2 Å². The number of nitrogens with one attached hydrogen (secondary N) is 1. The first-order valence-corrected chi connectivity index (χ1v) is 11.3. The van der Waals surface area contributed by atoms with Crippen molar-refractivity contribution in [3.05, 3.63) is 110 Å². The minimum absolute atomic E-state index is 0.163. The molecule has 0 unspecified atom stereocenters. The molecule has 36 heavy (non-hydrogen) atoms. The van der Waals surface area contributed by atoms with Crippen LogP contribution >= 0.6 is 15.9 Å². The normalized spacial score (nSPS) is 11.8. The van der Waals surface area contributed by atoms with Crippen LogP contribution in [0.3, 0.4) is 0 Å². The zero-order valence-electron chi connectivity index (χ0n) is 18.4. The number of carbonyl (C=O) groups is 1. The number of halogens is 5. The van der Waals surface area contributed by atoms with Gasteiger partial charge >= 0.3 is 6.18 Å². The molecule has 4 aromatic rings. The van der Waals surface area contributed by atoms with Crippen molar-refractivity contribution in [2.75, 3.05) is 0 Å². The van der Waals surface area contributed by atoms with Gasteiger partial charge in [0.1, 0.15) is 5.82 Å². The summed E-state index contributed by atoms with van der Waals surface area (Å²) in [7, 11) is 0. The number of fused-ring (bicyclic) bond motifs is 1. The first-order valence-electron chi connectivity index (χ1n) is 10.5. The first-order chi connectivity index (χ1) is 17.1. The largest absolute Gasteiger partial charge is 0.417 e. The lowest BCUT2D eigenvalue weighted by Crippen LogP contribution is -2.28. The van der Waals surface area contributed by atoms with Gasteiger partial charge in [-0.2, -0.15) is 23.4 Å². The van der Waals surface area contributed by atoms with Crippen LogP contribution in [0.1, 0.15) is 22.4 Å². The Morgan fingerprint density at radius 1 is 1.06 bits per heavy atom. The second kappa shape index (κ2) is 10.4. The van der Waals surface area contributed by atoms with Gasteiger partial charge in [0.25, 0.3) is 5.56 Å². The molecule has 184 valence electrons. The molecule has 0 aliphatic heterocycles. The summed E-state index contributed by atoms with van der Waals surface area (Å²) in [5.74, 6) is -1.19. The third kappa shape index (κ3) is 5.68. The van der Waals surface area contributed by atoms with Crippen molar-refractivity contribution in [3.63, 3.8) is 0 Å². The Morgan fingerprint density at radius 2 is 1.75 bits per heavy atom. The van der Waals surface area contributed by atoms with Crippen molar-refractivity contribution < 1.29 is 22.4 Å². The van der Waals surface area contributed by atoms with E-state index in [2.05, 4.69) is 31.6 Å². The van der Waals surface area contributed by atoms with Crippen molar-refractivity contribution in [1.29, 1.82) is 0 Å². The molecule has 4 rings (SSSR count). The highest BCUT2D eigenvalue weighted by Gasteiger charge is 2.32. The number of rotatable bonds is 6. The summed E-state index contributed by atoms with van der Waals surface area (Å²) in [6.07, 6.45) is -3.98. The van der Waals surface area contributed by atoms with Gasteiger partial charge in [0.2, 0.25) is 5.91 Å². The van der Waals surface area contributed by atoms with Crippen LogP contribution in [0.4, 0.5) is 17.6 Å². The van der Waals surface area contributed by atoms with E-state index < -0.39 is 29.0 Å². The molecule has 0 fully saturated rings. The van der Waals surface area contributed by atoms with Gasteiger partial charge in [-0.1, -0.05) is 58.4 Å². The molecule has 0 saturated heterocycles. The number of nitrogens with zero attached hydrogens (tertiary/aromatic N) is 3. The molecule has 1 aromatic heterocycles.